The second kappa shape index (κ2) is 8.48. The molecule has 32 heavy (non-hydrogen) atoms. The minimum Gasteiger partial charge on any atom is -0.383 e. The van der Waals surface area contributed by atoms with Gasteiger partial charge in [-0.2, -0.15) is 4.98 Å². The Kier molecular flexibility index (Phi) is 5.52. The molecule has 8 nitrogen and oxygen atoms in total. The number of carbonyl (C=O) groups is 1. The number of nitrogens with zero attached hydrogens (tertiary/aromatic N) is 4. The molecule has 2 fully saturated rings. The zero-order valence-corrected chi connectivity index (χ0v) is 18.8. The monoisotopic (exact) mass is 450 g/mol. The molecule has 9 heteroatoms. The van der Waals surface area contributed by atoms with Gasteiger partial charge in [-0.25, -0.2) is 9.97 Å². The van der Waals surface area contributed by atoms with E-state index >= 15 is 0 Å². The van der Waals surface area contributed by atoms with Crippen molar-refractivity contribution < 1.29 is 9.90 Å². The highest BCUT2D eigenvalue weighted by atomic mass is 32.1. The topological polar surface area (TPSA) is 103 Å². The van der Waals surface area contributed by atoms with Gasteiger partial charge in [0.1, 0.15) is 16.4 Å². The van der Waals surface area contributed by atoms with Gasteiger partial charge in [0.05, 0.1) is 11.5 Å². The van der Waals surface area contributed by atoms with Crippen LogP contribution in [0, 0.1) is 6.92 Å². The first-order chi connectivity index (χ1) is 15.5. The van der Waals surface area contributed by atoms with Crippen molar-refractivity contribution in [3.05, 3.63) is 47.2 Å². The van der Waals surface area contributed by atoms with Crippen LogP contribution in [0.1, 0.15) is 42.7 Å². The van der Waals surface area contributed by atoms with E-state index in [-0.39, 0.29) is 5.91 Å². The molecule has 0 atom stereocenters. The van der Waals surface area contributed by atoms with Crippen molar-refractivity contribution in [2.24, 2.45) is 0 Å². The van der Waals surface area contributed by atoms with Crippen molar-refractivity contribution in [2.45, 2.75) is 44.6 Å². The standard InChI is InChI=1S/C23H26N6O2S/c1-15-10-16(18-13-25-21(32-18)23(31)6-3-7-23)12-17(11-15)27-22-24-8-5-19(28-22)29-9-2-4-20(30)26-14-29/h5,8,10-13,31H,2-4,6-7,9,14H2,1H3,(H,26,30)(H,24,27,28). The van der Waals surface area contributed by atoms with Gasteiger partial charge < -0.3 is 20.6 Å². The molecule has 0 unspecified atom stereocenters. The molecule has 1 amide bonds. The van der Waals surface area contributed by atoms with Gasteiger partial charge >= 0.3 is 0 Å². The molecule has 166 valence electrons. The van der Waals surface area contributed by atoms with Crippen LogP contribution < -0.4 is 15.5 Å². The van der Waals surface area contributed by atoms with Gasteiger partial charge in [-0.1, -0.05) is 6.07 Å². The van der Waals surface area contributed by atoms with Crippen molar-refractivity contribution >= 4 is 34.7 Å². The van der Waals surface area contributed by atoms with Crippen LogP contribution in [0.4, 0.5) is 17.5 Å². The van der Waals surface area contributed by atoms with Crippen LogP contribution in [-0.2, 0) is 10.4 Å². The minimum atomic E-state index is -0.741. The van der Waals surface area contributed by atoms with Crippen LogP contribution in [0.5, 0.6) is 0 Å². The van der Waals surface area contributed by atoms with E-state index in [1.165, 1.54) is 0 Å². The molecule has 1 aromatic carbocycles. The smallest absolute Gasteiger partial charge is 0.229 e. The van der Waals surface area contributed by atoms with Crippen molar-refractivity contribution in [2.75, 3.05) is 23.4 Å². The molecule has 1 aliphatic carbocycles. The summed E-state index contributed by atoms with van der Waals surface area (Å²) < 4.78 is 0. The number of amides is 1. The lowest BCUT2D eigenvalue weighted by Gasteiger charge is -2.34. The summed E-state index contributed by atoms with van der Waals surface area (Å²) in [5, 5.41) is 17.6. The molecule has 5 rings (SSSR count). The number of aromatic nitrogens is 3. The number of rotatable bonds is 5. The second-order valence-electron chi connectivity index (χ2n) is 8.49. The van der Waals surface area contributed by atoms with Gasteiger partial charge in [-0.15, -0.1) is 11.3 Å². The van der Waals surface area contributed by atoms with E-state index in [0.717, 1.165) is 64.7 Å². The molecule has 0 spiro atoms. The molecule has 1 saturated carbocycles. The van der Waals surface area contributed by atoms with Crippen LogP contribution >= 0.6 is 11.3 Å². The van der Waals surface area contributed by atoms with Gasteiger partial charge in [-0.05, 0) is 61.9 Å². The zero-order valence-electron chi connectivity index (χ0n) is 18.0. The average molecular weight is 451 g/mol. The maximum atomic E-state index is 11.6. The lowest BCUT2D eigenvalue weighted by molar-refractivity contribution is -0.120. The number of hydrogen-bond donors (Lipinski definition) is 3. The largest absolute Gasteiger partial charge is 0.383 e. The van der Waals surface area contributed by atoms with Crippen LogP contribution in [0.25, 0.3) is 10.4 Å². The number of aliphatic hydroxyl groups is 1. The molecule has 3 aromatic rings. The summed E-state index contributed by atoms with van der Waals surface area (Å²) in [5.74, 6) is 1.35. The Morgan fingerprint density at radius 2 is 2.09 bits per heavy atom. The Morgan fingerprint density at radius 3 is 2.91 bits per heavy atom. The summed E-state index contributed by atoms with van der Waals surface area (Å²) in [6.07, 6.45) is 7.53. The Labute approximate surface area is 190 Å². The average Bonchev–Trinajstić information content (AvgIpc) is 3.15. The van der Waals surface area contributed by atoms with Gasteiger partial charge in [-0.3, -0.25) is 4.79 Å². The van der Waals surface area contributed by atoms with Crippen LogP contribution in [0.3, 0.4) is 0 Å². The highest BCUT2D eigenvalue weighted by molar-refractivity contribution is 7.15. The van der Waals surface area contributed by atoms with Crippen LogP contribution in [0.15, 0.2) is 36.7 Å². The summed E-state index contributed by atoms with van der Waals surface area (Å²) in [4.78, 5) is 28.2. The molecular formula is C23H26N6O2S. The molecule has 1 aliphatic heterocycles. The lowest BCUT2D eigenvalue weighted by atomic mass is 9.81. The number of hydrogen-bond acceptors (Lipinski definition) is 8. The minimum absolute atomic E-state index is 0.0721. The molecule has 2 aliphatic rings. The quantitative estimate of drug-likeness (QED) is 0.545. The maximum Gasteiger partial charge on any atom is 0.229 e. The SMILES string of the molecule is Cc1cc(Nc2nccc(N3CCCC(=O)NC3)n2)cc(-c2cnc(C3(O)CCC3)s2)c1. The van der Waals surface area contributed by atoms with Gasteiger partial charge in [0, 0.05) is 31.0 Å². The summed E-state index contributed by atoms with van der Waals surface area (Å²) in [6, 6.07) is 8.07. The van der Waals surface area contributed by atoms with E-state index in [1.54, 1.807) is 17.5 Å². The van der Waals surface area contributed by atoms with E-state index in [4.69, 9.17) is 0 Å². The van der Waals surface area contributed by atoms with Gasteiger partial charge in [0.2, 0.25) is 11.9 Å². The van der Waals surface area contributed by atoms with E-state index in [0.29, 0.717) is 19.0 Å². The van der Waals surface area contributed by atoms with Crippen LogP contribution in [0.2, 0.25) is 0 Å². The van der Waals surface area contributed by atoms with Crippen molar-refractivity contribution in [1.82, 2.24) is 20.3 Å². The number of thiazole rings is 1. The third-order valence-corrected chi connectivity index (χ3v) is 7.21. The second-order valence-corrected chi connectivity index (χ2v) is 9.52. The number of anilines is 3. The van der Waals surface area contributed by atoms with Crippen molar-refractivity contribution in [1.29, 1.82) is 0 Å². The first-order valence-electron chi connectivity index (χ1n) is 10.9. The predicted octanol–water partition coefficient (Wildman–Crippen LogP) is 3.70. The Hall–Kier alpha value is -3.04. The Balaban J connectivity index is 1.36. The Bertz CT molecular complexity index is 1140. The highest BCUT2D eigenvalue weighted by Crippen LogP contribution is 2.44. The Morgan fingerprint density at radius 1 is 1.22 bits per heavy atom. The zero-order chi connectivity index (χ0) is 22.1. The number of carbonyl (C=O) groups excluding carboxylic acids is 1. The summed E-state index contributed by atoms with van der Waals surface area (Å²) >= 11 is 1.55. The molecule has 3 heterocycles. The van der Waals surface area contributed by atoms with Gasteiger partial charge in [0.15, 0.2) is 0 Å². The number of nitrogens with one attached hydrogen (secondary N) is 2. The third-order valence-electron chi connectivity index (χ3n) is 5.97. The van der Waals surface area contributed by atoms with E-state index < -0.39 is 5.60 Å². The summed E-state index contributed by atoms with van der Waals surface area (Å²) in [7, 11) is 0. The van der Waals surface area contributed by atoms with E-state index in [1.807, 2.05) is 30.2 Å². The van der Waals surface area contributed by atoms with E-state index in [9.17, 15) is 9.90 Å². The molecule has 2 aromatic heterocycles. The fourth-order valence-corrected chi connectivity index (χ4v) is 5.09. The third kappa shape index (κ3) is 4.31. The van der Waals surface area contributed by atoms with E-state index in [2.05, 4.69) is 37.7 Å². The highest BCUT2D eigenvalue weighted by Gasteiger charge is 2.39. The van der Waals surface area contributed by atoms with Crippen molar-refractivity contribution in [3.8, 4) is 10.4 Å². The summed E-state index contributed by atoms with van der Waals surface area (Å²) in [5.41, 5.74) is 2.30. The number of benzene rings is 1. The molecular weight excluding hydrogens is 424 g/mol. The number of aryl methyl sites for hydroxylation is 1. The fraction of sp³-hybridized carbons (Fsp3) is 0.391. The van der Waals surface area contributed by atoms with Crippen molar-refractivity contribution in [3.63, 3.8) is 0 Å². The molecule has 1 saturated heterocycles. The first-order valence-corrected chi connectivity index (χ1v) is 11.7. The fourth-order valence-electron chi connectivity index (χ4n) is 4.04. The maximum absolute atomic E-state index is 11.6. The van der Waals surface area contributed by atoms with Crippen LogP contribution in [-0.4, -0.2) is 39.2 Å². The first kappa shape index (κ1) is 20.8. The predicted molar refractivity (Wildman–Crippen MR) is 125 cm³/mol. The lowest BCUT2D eigenvalue weighted by Crippen LogP contribution is -2.35. The molecule has 0 radical (unpaired) electrons. The molecule has 3 N–H and O–H groups in total. The normalized spacial score (nSPS) is 17.9. The molecule has 0 bridgehead atoms. The summed E-state index contributed by atoms with van der Waals surface area (Å²) in [6.45, 7) is 3.26. The van der Waals surface area contributed by atoms with Gasteiger partial charge in [0.25, 0.3) is 0 Å².